The summed E-state index contributed by atoms with van der Waals surface area (Å²) in [6.07, 6.45) is 6.30. The molecule has 2 aliphatic rings. The molecule has 9 heteroatoms. The first-order valence-electron chi connectivity index (χ1n) is 9.55. The van der Waals surface area contributed by atoms with Crippen molar-refractivity contribution in [1.29, 1.82) is 0 Å². The molecule has 29 heavy (non-hydrogen) atoms. The fourth-order valence-electron chi connectivity index (χ4n) is 4.02. The molecule has 1 spiro atoms. The van der Waals surface area contributed by atoms with Gasteiger partial charge in [-0.2, -0.15) is 4.99 Å². The normalized spacial score (nSPS) is 18.2. The van der Waals surface area contributed by atoms with Crippen LogP contribution in [0.5, 0.6) is 5.75 Å². The molecule has 1 aromatic carbocycles. The molecule has 0 radical (unpaired) electrons. The molecule has 9 nitrogen and oxygen atoms in total. The van der Waals surface area contributed by atoms with E-state index < -0.39 is 5.66 Å². The van der Waals surface area contributed by atoms with Crippen molar-refractivity contribution in [3.63, 3.8) is 0 Å². The monoisotopic (exact) mass is 396 g/mol. The Morgan fingerprint density at radius 3 is 2.72 bits per heavy atom. The SMILES string of the molecule is COc1ccc(N2C(N)=NC(N)=NC23CCCCC3)cc1NC(=O)c1ccco1. The van der Waals surface area contributed by atoms with Crippen molar-refractivity contribution in [3.05, 3.63) is 42.4 Å². The summed E-state index contributed by atoms with van der Waals surface area (Å²) in [6, 6.07) is 8.70. The molecule has 0 saturated heterocycles. The van der Waals surface area contributed by atoms with Gasteiger partial charge in [-0.3, -0.25) is 9.69 Å². The van der Waals surface area contributed by atoms with E-state index in [9.17, 15) is 4.79 Å². The maximum atomic E-state index is 12.5. The van der Waals surface area contributed by atoms with Crippen LogP contribution < -0.4 is 26.4 Å². The average molecular weight is 396 g/mol. The Balaban J connectivity index is 1.72. The minimum Gasteiger partial charge on any atom is -0.495 e. The molecule has 0 bridgehead atoms. The number of methoxy groups -OCH3 is 1. The highest BCUT2D eigenvalue weighted by Crippen LogP contribution is 2.41. The van der Waals surface area contributed by atoms with Gasteiger partial charge in [-0.1, -0.05) is 6.42 Å². The molecule has 1 aliphatic carbocycles. The topological polar surface area (TPSA) is 131 Å². The molecule has 1 aromatic heterocycles. The standard InChI is InChI=1S/C20H24N6O3/c1-28-15-8-7-13(12-14(15)23-17(27)16-6-5-11-29-16)26-19(22)24-18(21)25-20(26)9-3-2-4-10-20/h5-8,11-12H,2-4,9-10H2,1H3,(H,23,27)(H4,21,22,24,25). The first-order chi connectivity index (χ1) is 14.0. The van der Waals surface area contributed by atoms with Crippen LogP contribution in [0, 0.1) is 0 Å². The molecule has 1 fully saturated rings. The van der Waals surface area contributed by atoms with Gasteiger partial charge in [0.1, 0.15) is 11.4 Å². The van der Waals surface area contributed by atoms with Gasteiger partial charge in [0.2, 0.25) is 11.9 Å². The first-order valence-corrected chi connectivity index (χ1v) is 9.55. The second-order valence-electron chi connectivity index (χ2n) is 7.13. The quantitative estimate of drug-likeness (QED) is 0.728. The number of guanidine groups is 2. The van der Waals surface area contributed by atoms with E-state index in [-0.39, 0.29) is 23.6 Å². The lowest BCUT2D eigenvalue weighted by Gasteiger charge is -2.45. The van der Waals surface area contributed by atoms with Crippen molar-refractivity contribution >= 4 is 29.2 Å². The molecule has 1 aliphatic heterocycles. The summed E-state index contributed by atoms with van der Waals surface area (Å²) in [7, 11) is 1.54. The summed E-state index contributed by atoms with van der Waals surface area (Å²) < 4.78 is 10.6. The van der Waals surface area contributed by atoms with Crippen LogP contribution in [-0.2, 0) is 0 Å². The van der Waals surface area contributed by atoms with Crippen LogP contribution in [0.3, 0.4) is 0 Å². The van der Waals surface area contributed by atoms with Gasteiger partial charge in [0, 0.05) is 5.69 Å². The fourth-order valence-corrected chi connectivity index (χ4v) is 4.02. The Bertz CT molecular complexity index is 961. The Morgan fingerprint density at radius 1 is 1.24 bits per heavy atom. The highest BCUT2D eigenvalue weighted by atomic mass is 16.5. The van der Waals surface area contributed by atoms with E-state index in [1.54, 1.807) is 31.4 Å². The number of anilines is 2. The van der Waals surface area contributed by atoms with Gasteiger partial charge >= 0.3 is 0 Å². The van der Waals surface area contributed by atoms with E-state index in [0.29, 0.717) is 11.4 Å². The lowest BCUT2D eigenvalue weighted by molar-refractivity contribution is 0.0996. The molecule has 1 saturated carbocycles. The number of amides is 1. The summed E-state index contributed by atoms with van der Waals surface area (Å²) in [6.45, 7) is 0. The molecule has 0 atom stereocenters. The third-order valence-corrected chi connectivity index (χ3v) is 5.29. The van der Waals surface area contributed by atoms with Gasteiger partial charge in [-0.05, 0) is 56.0 Å². The number of benzene rings is 1. The Labute approximate surface area is 168 Å². The number of carbonyl (C=O) groups excluding carboxylic acids is 1. The van der Waals surface area contributed by atoms with Crippen molar-refractivity contribution in [2.24, 2.45) is 21.5 Å². The number of nitrogens with zero attached hydrogens (tertiary/aromatic N) is 3. The highest BCUT2D eigenvalue weighted by molar-refractivity contribution is 6.07. The van der Waals surface area contributed by atoms with Gasteiger partial charge in [-0.15, -0.1) is 0 Å². The molecule has 5 N–H and O–H groups in total. The summed E-state index contributed by atoms with van der Waals surface area (Å²) in [5, 5.41) is 2.83. The first kappa shape index (κ1) is 18.9. The van der Waals surface area contributed by atoms with Gasteiger partial charge in [0.25, 0.3) is 5.91 Å². The van der Waals surface area contributed by atoms with Crippen LogP contribution >= 0.6 is 0 Å². The summed E-state index contributed by atoms with van der Waals surface area (Å²) >= 11 is 0. The van der Waals surface area contributed by atoms with E-state index in [4.69, 9.17) is 20.6 Å². The molecule has 4 rings (SSSR count). The largest absolute Gasteiger partial charge is 0.495 e. The predicted molar refractivity (Wildman–Crippen MR) is 111 cm³/mol. The van der Waals surface area contributed by atoms with Crippen molar-refractivity contribution in [3.8, 4) is 5.75 Å². The number of nitrogens with two attached hydrogens (primary N) is 2. The number of furan rings is 1. The zero-order valence-electron chi connectivity index (χ0n) is 16.2. The van der Waals surface area contributed by atoms with Gasteiger partial charge in [-0.25, -0.2) is 4.99 Å². The number of nitrogens with one attached hydrogen (secondary N) is 1. The lowest BCUT2D eigenvalue weighted by atomic mass is 9.87. The van der Waals surface area contributed by atoms with E-state index in [2.05, 4.69) is 15.3 Å². The number of rotatable bonds is 4. The van der Waals surface area contributed by atoms with E-state index >= 15 is 0 Å². The molecule has 152 valence electrons. The lowest BCUT2D eigenvalue weighted by Crippen LogP contribution is -2.58. The summed E-state index contributed by atoms with van der Waals surface area (Å²) in [5.74, 6) is 0.827. The highest BCUT2D eigenvalue weighted by Gasteiger charge is 2.42. The minimum absolute atomic E-state index is 0.195. The fraction of sp³-hybridized carbons (Fsp3) is 0.350. The Hall–Kier alpha value is -3.49. The zero-order chi connectivity index (χ0) is 20.4. The number of carbonyl (C=O) groups is 1. The van der Waals surface area contributed by atoms with Crippen LogP contribution in [0.1, 0.15) is 42.7 Å². The van der Waals surface area contributed by atoms with Crippen LogP contribution in [0.4, 0.5) is 11.4 Å². The molecule has 2 aromatic rings. The zero-order valence-corrected chi connectivity index (χ0v) is 16.2. The third kappa shape index (κ3) is 3.51. The molecule has 0 unspecified atom stereocenters. The van der Waals surface area contributed by atoms with Gasteiger partial charge in [0.05, 0.1) is 19.1 Å². The maximum Gasteiger partial charge on any atom is 0.291 e. The number of aliphatic imine (C=N–C) groups is 2. The second-order valence-corrected chi connectivity index (χ2v) is 7.13. The van der Waals surface area contributed by atoms with Crippen molar-refractivity contribution < 1.29 is 13.9 Å². The second kappa shape index (κ2) is 7.50. The van der Waals surface area contributed by atoms with Gasteiger partial charge < -0.3 is 25.9 Å². The van der Waals surface area contributed by atoms with E-state index in [1.807, 2.05) is 11.0 Å². The van der Waals surface area contributed by atoms with Crippen LogP contribution in [0.25, 0.3) is 0 Å². The van der Waals surface area contributed by atoms with Crippen molar-refractivity contribution in [2.75, 3.05) is 17.3 Å². The number of hydrogen-bond acceptors (Lipinski definition) is 8. The molecule has 2 heterocycles. The average Bonchev–Trinajstić information content (AvgIpc) is 3.23. The minimum atomic E-state index is -0.564. The van der Waals surface area contributed by atoms with E-state index in [1.165, 1.54) is 6.26 Å². The molecule has 1 amide bonds. The smallest absolute Gasteiger partial charge is 0.291 e. The van der Waals surface area contributed by atoms with Crippen molar-refractivity contribution in [2.45, 2.75) is 37.8 Å². The summed E-state index contributed by atoms with van der Waals surface area (Å²) in [5.41, 5.74) is 12.9. The van der Waals surface area contributed by atoms with Gasteiger partial charge in [0.15, 0.2) is 5.76 Å². The molecular weight excluding hydrogens is 372 g/mol. The van der Waals surface area contributed by atoms with E-state index in [0.717, 1.165) is 37.8 Å². The number of ether oxygens (including phenoxy) is 1. The van der Waals surface area contributed by atoms with Crippen molar-refractivity contribution in [1.82, 2.24) is 0 Å². The van der Waals surface area contributed by atoms with Crippen LogP contribution in [-0.4, -0.2) is 30.6 Å². The summed E-state index contributed by atoms with van der Waals surface area (Å²) in [4.78, 5) is 23.2. The number of hydrogen-bond donors (Lipinski definition) is 3. The Kier molecular flexibility index (Phi) is 4.87. The molecular formula is C20H24N6O3. The predicted octanol–water partition coefficient (Wildman–Crippen LogP) is 2.65. The maximum absolute atomic E-state index is 12.5. The van der Waals surface area contributed by atoms with Crippen LogP contribution in [0.15, 0.2) is 51.0 Å². The Morgan fingerprint density at radius 2 is 2.03 bits per heavy atom. The third-order valence-electron chi connectivity index (χ3n) is 5.29. The van der Waals surface area contributed by atoms with Crippen LogP contribution in [0.2, 0.25) is 0 Å².